The number of anilines is 1. The Hall–Kier alpha value is -4.15. The van der Waals surface area contributed by atoms with Crippen LogP contribution in [-0.2, 0) is 13.0 Å². The van der Waals surface area contributed by atoms with Gasteiger partial charge in [0.05, 0.1) is 12.3 Å². The molecule has 11 heteroatoms. The van der Waals surface area contributed by atoms with Crippen molar-refractivity contribution in [2.24, 2.45) is 0 Å². The standard InChI is InChI=1S/C21H16F2N8O/c1-11-17(23)6-13(19-26-9-28-31(11)19)15-8-25-21(30-10-27-29-20(15)30)24-7-14-12-4-5-32-18(12)3-2-16(14)22/h2-3,6,8-10H,4-5,7H2,1H3,(H,24,25). The summed E-state index contributed by atoms with van der Waals surface area (Å²) in [6.45, 7) is 2.38. The normalized spacial score (nSPS) is 13.0. The van der Waals surface area contributed by atoms with Crippen LogP contribution in [0.5, 0.6) is 5.75 Å². The van der Waals surface area contributed by atoms with Gasteiger partial charge in [0, 0.05) is 41.4 Å². The highest BCUT2D eigenvalue weighted by Gasteiger charge is 2.21. The van der Waals surface area contributed by atoms with Crippen molar-refractivity contribution in [3.05, 3.63) is 65.5 Å². The molecule has 5 aromatic rings. The first-order valence-electron chi connectivity index (χ1n) is 9.96. The molecule has 4 aromatic heterocycles. The third kappa shape index (κ3) is 2.70. The van der Waals surface area contributed by atoms with Gasteiger partial charge in [-0.15, -0.1) is 10.2 Å². The lowest BCUT2D eigenvalue weighted by Crippen LogP contribution is -2.10. The first kappa shape index (κ1) is 18.6. The molecule has 0 amide bonds. The van der Waals surface area contributed by atoms with Crippen molar-refractivity contribution < 1.29 is 13.5 Å². The monoisotopic (exact) mass is 434 g/mol. The van der Waals surface area contributed by atoms with Crippen LogP contribution in [-0.4, -0.2) is 40.8 Å². The first-order valence-corrected chi connectivity index (χ1v) is 9.96. The maximum absolute atomic E-state index is 14.5. The fourth-order valence-corrected chi connectivity index (χ4v) is 4.08. The SMILES string of the molecule is Cc1c(F)cc(-c2cnc(NCc3c(F)ccc4c3CCO4)n3cnnc23)c2ncnn12. The minimum atomic E-state index is -0.423. The Morgan fingerprint density at radius 1 is 1.12 bits per heavy atom. The summed E-state index contributed by atoms with van der Waals surface area (Å²) in [7, 11) is 0. The fraction of sp³-hybridized carbons (Fsp3) is 0.190. The Morgan fingerprint density at radius 3 is 2.94 bits per heavy atom. The van der Waals surface area contributed by atoms with Gasteiger partial charge in [-0.25, -0.2) is 23.3 Å². The molecule has 0 fully saturated rings. The molecule has 0 saturated carbocycles. The van der Waals surface area contributed by atoms with Gasteiger partial charge in [-0.05, 0) is 25.1 Å². The van der Waals surface area contributed by atoms with Gasteiger partial charge in [0.15, 0.2) is 11.3 Å². The number of aromatic nitrogens is 7. The van der Waals surface area contributed by atoms with Crippen molar-refractivity contribution in [2.45, 2.75) is 19.9 Å². The van der Waals surface area contributed by atoms with Crippen LogP contribution in [0.1, 0.15) is 16.8 Å². The molecule has 5 heterocycles. The number of benzene rings is 1. The molecule has 160 valence electrons. The summed E-state index contributed by atoms with van der Waals surface area (Å²) in [5, 5.41) is 15.4. The third-order valence-corrected chi connectivity index (χ3v) is 5.71. The van der Waals surface area contributed by atoms with E-state index in [0.29, 0.717) is 58.4 Å². The summed E-state index contributed by atoms with van der Waals surface area (Å²) in [5.41, 5.74) is 3.73. The van der Waals surface area contributed by atoms with Gasteiger partial charge in [-0.3, -0.25) is 4.40 Å². The number of halogens is 2. The first-order chi connectivity index (χ1) is 15.6. The smallest absolute Gasteiger partial charge is 0.210 e. The summed E-state index contributed by atoms with van der Waals surface area (Å²) in [6.07, 6.45) is 5.09. The van der Waals surface area contributed by atoms with Crippen LogP contribution >= 0.6 is 0 Å². The van der Waals surface area contributed by atoms with E-state index in [-0.39, 0.29) is 12.4 Å². The molecule has 1 aliphatic rings. The van der Waals surface area contributed by atoms with E-state index in [2.05, 4.69) is 30.6 Å². The predicted octanol–water partition coefficient (Wildman–Crippen LogP) is 2.97. The van der Waals surface area contributed by atoms with E-state index in [1.807, 2.05) is 0 Å². The van der Waals surface area contributed by atoms with E-state index in [4.69, 9.17) is 4.74 Å². The van der Waals surface area contributed by atoms with E-state index in [1.54, 1.807) is 23.6 Å². The van der Waals surface area contributed by atoms with Crippen molar-refractivity contribution in [1.29, 1.82) is 0 Å². The highest BCUT2D eigenvalue weighted by atomic mass is 19.1. The van der Waals surface area contributed by atoms with Gasteiger partial charge in [0.2, 0.25) is 5.95 Å². The second-order valence-corrected chi connectivity index (χ2v) is 7.46. The molecule has 0 bridgehead atoms. The Labute approximate surface area is 179 Å². The Morgan fingerprint density at radius 2 is 2.03 bits per heavy atom. The average molecular weight is 434 g/mol. The van der Waals surface area contributed by atoms with Crippen LogP contribution in [0.2, 0.25) is 0 Å². The molecule has 1 aliphatic heterocycles. The number of nitrogens with zero attached hydrogens (tertiary/aromatic N) is 7. The summed E-state index contributed by atoms with van der Waals surface area (Å²) in [6, 6.07) is 4.45. The molecule has 9 nitrogen and oxygen atoms in total. The average Bonchev–Trinajstić information content (AvgIpc) is 3.55. The van der Waals surface area contributed by atoms with Crippen LogP contribution in [0.3, 0.4) is 0 Å². The number of nitrogens with one attached hydrogen (secondary N) is 1. The van der Waals surface area contributed by atoms with E-state index in [9.17, 15) is 8.78 Å². The van der Waals surface area contributed by atoms with Crippen molar-refractivity contribution in [3.8, 4) is 16.9 Å². The van der Waals surface area contributed by atoms with Crippen molar-refractivity contribution in [1.82, 2.24) is 34.2 Å². The Kier molecular flexibility index (Phi) is 4.03. The van der Waals surface area contributed by atoms with Gasteiger partial charge in [-0.2, -0.15) is 5.10 Å². The van der Waals surface area contributed by atoms with Crippen LogP contribution in [0.4, 0.5) is 14.7 Å². The lowest BCUT2D eigenvalue weighted by atomic mass is 10.0. The largest absolute Gasteiger partial charge is 0.493 e. The third-order valence-electron chi connectivity index (χ3n) is 5.71. The lowest BCUT2D eigenvalue weighted by Gasteiger charge is -2.13. The van der Waals surface area contributed by atoms with Gasteiger partial charge < -0.3 is 10.1 Å². The highest BCUT2D eigenvalue weighted by Crippen LogP contribution is 2.32. The summed E-state index contributed by atoms with van der Waals surface area (Å²) < 4.78 is 37.6. The minimum Gasteiger partial charge on any atom is -0.493 e. The fourth-order valence-electron chi connectivity index (χ4n) is 4.08. The summed E-state index contributed by atoms with van der Waals surface area (Å²) in [5.74, 6) is 0.408. The molecular formula is C21H16F2N8O. The molecule has 0 atom stereocenters. The van der Waals surface area contributed by atoms with Crippen LogP contribution < -0.4 is 10.1 Å². The minimum absolute atomic E-state index is 0.214. The molecule has 1 aromatic carbocycles. The number of rotatable bonds is 4. The molecule has 0 spiro atoms. The lowest BCUT2D eigenvalue weighted by molar-refractivity contribution is 0.356. The van der Waals surface area contributed by atoms with Crippen LogP contribution in [0, 0.1) is 18.6 Å². The predicted molar refractivity (Wildman–Crippen MR) is 110 cm³/mol. The molecule has 0 saturated heterocycles. The second kappa shape index (κ2) is 6.94. The molecule has 0 aliphatic carbocycles. The quantitative estimate of drug-likeness (QED) is 0.465. The van der Waals surface area contributed by atoms with Crippen LogP contribution in [0.25, 0.3) is 22.4 Å². The maximum atomic E-state index is 14.5. The van der Waals surface area contributed by atoms with Gasteiger partial charge in [-0.1, -0.05) is 0 Å². The van der Waals surface area contributed by atoms with Crippen molar-refractivity contribution in [3.63, 3.8) is 0 Å². The Balaban J connectivity index is 1.41. The number of pyridine rings is 1. The zero-order valence-corrected chi connectivity index (χ0v) is 16.9. The zero-order chi connectivity index (χ0) is 21.8. The van der Waals surface area contributed by atoms with E-state index >= 15 is 0 Å². The molecule has 6 rings (SSSR count). The number of fused-ring (bicyclic) bond motifs is 3. The highest BCUT2D eigenvalue weighted by molar-refractivity contribution is 5.86. The molecule has 0 radical (unpaired) electrons. The zero-order valence-electron chi connectivity index (χ0n) is 16.9. The van der Waals surface area contributed by atoms with Gasteiger partial charge in [0.1, 0.15) is 30.0 Å². The molecule has 32 heavy (non-hydrogen) atoms. The number of hydrogen-bond acceptors (Lipinski definition) is 7. The van der Waals surface area contributed by atoms with E-state index < -0.39 is 5.82 Å². The molecular weight excluding hydrogens is 418 g/mol. The number of aryl methyl sites for hydroxylation is 1. The summed E-state index contributed by atoms with van der Waals surface area (Å²) >= 11 is 0. The van der Waals surface area contributed by atoms with E-state index in [1.165, 1.54) is 29.3 Å². The topological polar surface area (TPSA) is 94.5 Å². The van der Waals surface area contributed by atoms with Gasteiger partial charge >= 0.3 is 0 Å². The van der Waals surface area contributed by atoms with Crippen LogP contribution in [0.15, 0.2) is 37.1 Å². The van der Waals surface area contributed by atoms with Crippen molar-refractivity contribution in [2.75, 3.05) is 11.9 Å². The second-order valence-electron chi connectivity index (χ2n) is 7.46. The number of hydrogen-bond donors (Lipinski definition) is 1. The summed E-state index contributed by atoms with van der Waals surface area (Å²) in [4.78, 5) is 8.74. The maximum Gasteiger partial charge on any atom is 0.210 e. The number of ether oxygens (including phenoxy) is 1. The molecule has 1 N–H and O–H groups in total. The molecule has 0 unspecified atom stereocenters. The van der Waals surface area contributed by atoms with Crippen molar-refractivity contribution >= 4 is 17.2 Å². The van der Waals surface area contributed by atoms with E-state index in [0.717, 1.165) is 5.56 Å². The van der Waals surface area contributed by atoms with Gasteiger partial charge in [0.25, 0.3) is 0 Å². The Bertz CT molecular complexity index is 1510.